The number of hydrogen-bond donors (Lipinski definition) is 1. The number of fused-ring (bicyclic) bond motifs is 1. The minimum Gasteiger partial charge on any atom is -0.404 e. The number of nitrogens with zero attached hydrogens (tertiary/aromatic N) is 3. The van der Waals surface area contributed by atoms with Gasteiger partial charge in [0.15, 0.2) is 5.75 Å². The van der Waals surface area contributed by atoms with Crippen molar-refractivity contribution in [1.29, 1.82) is 0 Å². The van der Waals surface area contributed by atoms with Crippen molar-refractivity contribution in [3.63, 3.8) is 0 Å². The largest absolute Gasteiger partial charge is 0.573 e. The van der Waals surface area contributed by atoms with Crippen LogP contribution in [0.25, 0.3) is 11.0 Å². The molecule has 0 aliphatic carbocycles. The van der Waals surface area contributed by atoms with E-state index in [1.807, 2.05) is 7.05 Å². The lowest BCUT2D eigenvalue weighted by atomic mass is 10.3. The number of halogens is 3. The smallest absolute Gasteiger partial charge is 0.404 e. The predicted molar refractivity (Wildman–Crippen MR) is 74.9 cm³/mol. The first kappa shape index (κ1) is 14.2. The van der Waals surface area contributed by atoms with E-state index in [0.29, 0.717) is 11.3 Å². The third kappa shape index (κ3) is 2.95. The van der Waals surface area contributed by atoms with Gasteiger partial charge in [-0.2, -0.15) is 0 Å². The molecule has 0 aliphatic heterocycles. The first-order chi connectivity index (χ1) is 10.4. The van der Waals surface area contributed by atoms with Crippen molar-refractivity contribution in [2.24, 2.45) is 7.05 Å². The Morgan fingerprint density at radius 1 is 1.18 bits per heavy atom. The number of benzene rings is 1. The molecule has 3 rings (SSSR count). The van der Waals surface area contributed by atoms with Gasteiger partial charge in [-0.1, -0.05) is 12.1 Å². The number of rotatable bonds is 3. The maximum atomic E-state index is 12.4. The Balaban J connectivity index is 1.93. The Hall–Kier alpha value is -2.77. The van der Waals surface area contributed by atoms with Gasteiger partial charge in [-0.15, -0.1) is 13.2 Å². The number of para-hydroxylation sites is 2. The van der Waals surface area contributed by atoms with E-state index in [9.17, 15) is 13.2 Å². The summed E-state index contributed by atoms with van der Waals surface area (Å²) in [6, 6.07) is 7.49. The fourth-order valence-electron chi connectivity index (χ4n) is 2.02. The zero-order chi connectivity index (χ0) is 15.7. The summed E-state index contributed by atoms with van der Waals surface area (Å²) in [7, 11) is 1.82. The Morgan fingerprint density at radius 2 is 1.95 bits per heavy atom. The molecule has 1 N–H and O–H groups in total. The normalized spacial score (nSPS) is 11.6. The number of aromatic nitrogens is 3. The molecular weight excluding hydrogens is 297 g/mol. The highest BCUT2D eigenvalue weighted by atomic mass is 19.4. The lowest BCUT2D eigenvalue weighted by molar-refractivity contribution is -0.274. The van der Waals surface area contributed by atoms with E-state index in [2.05, 4.69) is 20.0 Å². The average molecular weight is 308 g/mol. The molecule has 0 spiro atoms. The molecule has 0 saturated heterocycles. The maximum absolute atomic E-state index is 12.4. The van der Waals surface area contributed by atoms with Crippen molar-refractivity contribution in [2.45, 2.75) is 6.36 Å². The summed E-state index contributed by atoms with van der Waals surface area (Å²) in [4.78, 5) is 8.26. The topological polar surface area (TPSA) is 52.0 Å². The first-order valence-corrected chi connectivity index (χ1v) is 6.31. The van der Waals surface area contributed by atoms with Gasteiger partial charge in [0, 0.05) is 13.1 Å². The van der Waals surface area contributed by atoms with Gasteiger partial charge in [0.05, 0.1) is 23.7 Å². The Morgan fingerprint density at radius 3 is 2.73 bits per heavy atom. The van der Waals surface area contributed by atoms with Gasteiger partial charge >= 0.3 is 6.36 Å². The zero-order valence-electron chi connectivity index (χ0n) is 11.4. The number of aryl methyl sites for hydroxylation is 1. The van der Waals surface area contributed by atoms with Crippen LogP contribution in [-0.4, -0.2) is 20.9 Å². The Kier molecular flexibility index (Phi) is 3.36. The van der Waals surface area contributed by atoms with Crippen molar-refractivity contribution in [2.75, 3.05) is 5.32 Å². The lowest BCUT2D eigenvalue weighted by Crippen LogP contribution is -2.17. The summed E-state index contributed by atoms with van der Waals surface area (Å²) in [6.07, 6.45) is -1.57. The summed E-state index contributed by atoms with van der Waals surface area (Å²) in [6.45, 7) is 0. The van der Waals surface area contributed by atoms with Crippen LogP contribution in [0.2, 0.25) is 0 Å². The molecule has 0 unspecified atom stereocenters. The molecule has 1 aromatic carbocycles. The molecule has 5 nitrogen and oxygen atoms in total. The number of hydrogen-bond acceptors (Lipinski definition) is 4. The highest BCUT2D eigenvalue weighted by Gasteiger charge is 2.32. The molecule has 114 valence electrons. The van der Waals surface area contributed by atoms with Gasteiger partial charge in [-0.3, -0.25) is 0 Å². The highest BCUT2D eigenvalue weighted by molar-refractivity contribution is 5.78. The molecule has 8 heteroatoms. The van der Waals surface area contributed by atoms with Crippen molar-refractivity contribution in [3.8, 4) is 5.75 Å². The fraction of sp³-hybridized carbons (Fsp3) is 0.143. The third-order valence-corrected chi connectivity index (χ3v) is 2.99. The summed E-state index contributed by atoms with van der Waals surface area (Å²) in [5, 5.41) is 2.83. The molecule has 0 fully saturated rings. The minimum absolute atomic E-state index is 0.175. The van der Waals surface area contributed by atoms with Crippen LogP contribution in [-0.2, 0) is 7.05 Å². The van der Waals surface area contributed by atoms with Crippen LogP contribution in [0.3, 0.4) is 0 Å². The van der Waals surface area contributed by atoms with Crippen LogP contribution in [0.1, 0.15) is 0 Å². The molecule has 0 bridgehead atoms. The summed E-state index contributed by atoms with van der Waals surface area (Å²) in [5.41, 5.74) is 1.69. The molecule has 2 aromatic heterocycles. The standard InChI is InChI=1S/C14H11F3N4O/c1-21-8-19-10-7-18-13(6-11(10)21)20-9-4-2-3-5-12(9)22-14(15,16)17/h2-8H,1H3,(H,18,20). The highest BCUT2D eigenvalue weighted by Crippen LogP contribution is 2.31. The number of alkyl halides is 3. The van der Waals surface area contributed by atoms with Crippen molar-refractivity contribution >= 4 is 22.5 Å². The number of imidazole rings is 1. The number of anilines is 2. The zero-order valence-corrected chi connectivity index (χ0v) is 11.4. The van der Waals surface area contributed by atoms with Crippen molar-refractivity contribution in [3.05, 3.63) is 42.9 Å². The molecule has 22 heavy (non-hydrogen) atoms. The van der Waals surface area contributed by atoms with E-state index in [4.69, 9.17) is 0 Å². The fourth-order valence-corrected chi connectivity index (χ4v) is 2.02. The van der Waals surface area contributed by atoms with Crippen LogP contribution in [0.5, 0.6) is 5.75 Å². The van der Waals surface area contributed by atoms with Crippen LogP contribution < -0.4 is 10.1 Å². The quantitative estimate of drug-likeness (QED) is 0.803. The molecular formula is C14H11F3N4O. The minimum atomic E-state index is -4.75. The second-order valence-corrected chi connectivity index (χ2v) is 4.58. The van der Waals surface area contributed by atoms with Gasteiger partial charge in [0.2, 0.25) is 0 Å². The molecule has 0 aliphatic rings. The molecule has 0 radical (unpaired) electrons. The van der Waals surface area contributed by atoms with Crippen LogP contribution in [0.15, 0.2) is 42.9 Å². The van der Waals surface area contributed by atoms with Gasteiger partial charge in [0.1, 0.15) is 11.3 Å². The number of ether oxygens (including phenoxy) is 1. The third-order valence-electron chi connectivity index (χ3n) is 2.99. The van der Waals surface area contributed by atoms with E-state index in [1.54, 1.807) is 29.2 Å². The van der Waals surface area contributed by atoms with Gasteiger partial charge < -0.3 is 14.6 Å². The van der Waals surface area contributed by atoms with E-state index < -0.39 is 6.36 Å². The van der Waals surface area contributed by atoms with Crippen molar-refractivity contribution in [1.82, 2.24) is 14.5 Å². The molecule has 3 aromatic rings. The van der Waals surface area contributed by atoms with Crippen molar-refractivity contribution < 1.29 is 17.9 Å². The molecule has 0 saturated carbocycles. The Bertz CT molecular complexity index is 813. The summed E-state index contributed by atoms with van der Waals surface area (Å²) in [5.74, 6) is 0.0798. The van der Waals surface area contributed by atoms with E-state index in [1.165, 1.54) is 18.2 Å². The molecule has 0 atom stereocenters. The SMILES string of the molecule is Cn1cnc2cnc(Nc3ccccc3OC(F)(F)F)cc21. The van der Waals surface area contributed by atoms with E-state index in [0.717, 1.165) is 5.52 Å². The second-order valence-electron chi connectivity index (χ2n) is 4.58. The van der Waals surface area contributed by atoms with Gasteiger partial charge in [-0.25, -0.2) is 9.97 Å². The molecule has 0 amide bonds. The first-order valence-electron chi connectivity index (χ1n) is 6.31. The summed E-state index contributed by atoms with van der Waals surface area (Å²) < 4.78 is 43.0. The molecule has 2 heterocycles. The van der Waals surface area contributed by atoms with E-state index in [-0.39, 0.29) is 11.4 Å². The summed E-state index contributed by atoms with van der Waals surface area (Å²) >= 11 is 0. The maximum Gasteiger partial charge on any atom is 0.573 e. The Labute approximate surface area is 123 Å². The monoisotopic (exact) mass is 308 g/mol. The average Bonchev–Trinajstić information content (AvgIpc) is 2.81. The van der Waals surface area contributed by atoms with Gasteiger partial charge in [-0.05, 0) is 12.1 Å². The van der Waals surface area contributed by atoms with E-state index >= 15 is 0 Å². The van der Waals surface area contributed by atoms with Crippen LogP contribution >= 0.6 is 0 Å². The van der Waals surface area contributed by atoms with Crippen LogP contribution in [0.4, 0.5) is 24.7 Å². The lowest BCUT2D eigenvalue weighted by Gasteiger charge is -2.14. The number of nitrogens with one attached hydrogen (secondary N) is 1. The van der Waals surface area contributed by atoms with Gasteiger partial charge in [0.25, 0.3) is 0 Å². The second kappa shape index (κ2) is 5.21. The van der Waals surface area contributed by atoms with Crippen LogP contribution in [0, 0.1) is 0 Å². The predicted octanol–water partition coefficient (Wildman–Crippen LogP) is 3.61. The number of pyridine rings is 1.